The molecule has 0 radical (unpaired) electrons. The van der Waals surface area contributed by atoms with Crippen molar-refractivity contribution < 1.29 is 0 Å². The SMILES string of the molecule is CCCNc1nc(NC(C)(C)C2CC2)c(Cl)cc1Cl. The molecule has 106 valence electrons. The fourth-order valence-corrected chi connectivity index (χ4v) is 2.61. The molecule has 0 aromatic carbocycles. The summed E-state index contributed by atoms with van der Waals surface area (Å²) in [5.41, 5.74) is 0.0203. The van der Waals surface area contributed by atoms with Gasteiger partial charge in [-0.15, -0.1) is 0 Å². The van der Waals surface area contributed by atoms with Crippen LogP contribution in [0.3, 0.4) is 0 Å². The Morgan fingerprint density at radius 2 is 1.89 bits per heavy atom. The van der Waals surface area contributed by atoms with Gasteiger partial charge in [-0.3, -0.25) is 0 Å². The van der Waals surface area contributed by atoms with Crippen LogP contribution in [0.4, 0.5) is 11.6 Å². The summed E-state index contributed by atoms with van der Waals surface area (Å²) in [6.45, 7) is 7.33. The van der Waals surface area contributed by atoms with Crippen molar-refractivity contribution in [3.05, 3.63) is 16.1 Å². The first-order valence-corrected chi connectivity index (χ1v) is 7.57. The lowest BCUT2D eigenvalue weighted by Gasteiger charge is -2.27. The second-order valence-corrected chi connectivity index (χ2v) is 6.51. The first-order chi connectivity index (χ1) is 8.94. The maximum absolute atomic E-state index is 6.23. The molecule has 3 nitrogen and oxygen atoms in total. The summed E-state index contributed by atoms with van der Waals surface area (Å²) in [5, 5.41) is 7.80. The topological polar surface area (TPSA) is 37.0 Å². The monoisotopic (exact) mass is 301 g/mol. The molecular weight excluding hydrogens is 281 g/mol. The summed E-state index contributed by atoms with van der Waals surface area (Å²) in [5.74, 6) is 2.11. The lowest BCUT2D eigenvalue weighted by molar-refractivity contribution is 0.493. The molecular formula is C14H21Cl2N3. The van der Waals surface area contributed by atoms with Crippen molar-refractivity contribution in [2.45, 2.75) is 45.6 Å². The van der Waals surface area contributed by atoms with Crippen molar-refractivity contribution in [2.24, 2.45) is 5.92 Å². The maximum Gasteiger partial charge on any atom is 0.147 e. The van der Waals surface area contributed by atoms with Gasteiger partial charge in [0.1, 0.15) is 11.6 Å². The van der Waals surface area contributed by atoms with Gasteiger partial charge in [0.2, 0.25) is 0 Å². The fraction of sp³-hybridized carbons (Fsp3) is 0.643. The summed E-state index contributed by atoms with van der Waals surface area (Å²) >= 11 is 12.4. The molecule has 0 saturated heterocycles. The van der Waals surface area contributed by atoms with Gasteiger partial charge in [0.25, 0.3) is 0 Å². The van der Waals surface area contributed by atoms with Crippen molar-refractivity contribution >= 4 is 34.8 Å². The van der Waals surface area contributed by atoms with Crippen molar-refractivity contribution in [1.29, 1.82) is 0 Å². The standard InChI is InChI=1S/C14H21Cl2N3/c1-4-7-17-12-10(15)8-11(16)13(18-12)19-14(2,3)9-5-6-9/h8-9H,4-7H2,1-3H3,(H2,17,18,19). The van der Waals surface area contributed by atoms with Gasteiger partial charge in [-0.2, -0.15) is 0 Å². The van der Waals surface area contributed by atoms with E-state index in [1.807, 2.05) is 0 Å². The Kier molecular flexibility index (Phi) is 4.46. The Balaban J connectivity index is 2.19. The molecule has 1 aromatic rings. The third-order valence-corrected chi connectivity index (χ3v) is 4.09. The minimum absolute atomic E-state index is 0.0203. The normalized spacial score (nSPS) is 15.4. The summed E-state index contributed by atoms with van der Waals surface area (Å²) in [7, 11) is 0. The zero-order valence-corrected chi connectivity index (χ0v) is 13.2. The van der Waals surface area contributed by atoms with Crippen molar-refractivity contribution in [3.8, 4) is 0 Å². The summed E-state index contributed by atoms with van der Waals surface area (Å²) < 4.78 is 0. The molecule has 0 unspecified atom stereocenters. The molecule has 0 spiro atoms. The third-order valence-electron chi connectivity index (χ3n) is 3.51. The smallest absolute Gasteiger partial charge is 0.147 e. The van der Waals surface area contributed by atoms with E-state index in [1.165, 1.54) is 12.8 Å². The van der Waals surface area contributed by atoms with Crippen molar-refractivity contribution in [2.75, 3.05) is 17.2 Å². The minimum Gasteiger partial charge on any atom is -0.369 e. The molecule has 0 amide bonds. The largest absolute Gasteiger partial charge is 0.369 e. The second-order valence-electron chi connectivity index (χ2n) is 5.70. The highest BCUT2D eigenvalue weighted by Crippen LogP contribution is 2.42. The summed E-state index contributed by atoms with van der Waals surface area (Å²) in [6, 6.07) is 1.75. The Morgan fingerprint density at radius 1 is 1.26 bits per heavy atom. The zero-order valence-electron chi connectivity index (χ0n) is 11.7. The quantitative estimate of drug-likeness (QED) is 0.791. The third kappa shape index (κ3) is 3.67. The van der Waals surface area contributed by atoms with Crippen LogP contribution >= 0.6 is 23.2 Å². The molecule has 1 aliphatic carbocycles. The number of rotatable bonds is 6. The van der Waals surface area contributed by atoms with Crippen LogP contribution in [-0.2, 0) is 0 Å². The van der Waals surface area contributed by atoms with E-state index in [1.54, 1.807) is 6.07 Å². The van der Waals surface area contributed by atoms with Gasteiger partial charge in [-0.05, 0) is 45.1 Å². The second kappa shape index (κ2) is 5.76. The first kappa shape index (κ1) is 14.7. The molecule has 1 saturated carbocycles. The van der Waals surface area contributed by atoms with Crippen LogP contribution in [-0.4, -0.2) is 17.1 Å². The molecule has 0 aliphatic heterocycles. The number of pyridine rings is 1. The van der Waals surface area contributed by atoms with Crippen LogP contribution in [0, 0.1) is 5.92 Å². The Bertz CT molecular complexity index is 456. The molecule has 1 heterocycles. The highest BCUT2D eigenvalue weighted by atomic mass is 35.5. The van der Waals surface area contributed by atoms with E-state index in [4.69, 9.17) is 23.2 Å². The van der Waals surface area contributed by atoms with Crippen LogP contribution in [0.2, 0.25) is 10.0 Å². The Labute approximate surface area is 125 Å². The Hall–Kier alpha value is -0.670. The summed E-state index contributed by atoms with van der Waals surface area (Å²) in [6.07, 6.45) is 3.56. The van der Waals surface area contributed by atoms with E-state index < -0.39 is 0 Å². The first-order valence-electron chi connectivity index (χ1n) is 6.82. The molecule has 19 heavy (non-hydrogen) atoms. The summed E-state index contributed by atoms with van der Waals surface area (Å²) in [4.78, 5) is 4.52. The van der Waals surface area contributed by atoms with Crippen LogP contribution in [0.15, 0.2) is 6.07 Å². The van der Waals surface area contributed by atoms with E-state index in [2.05, 4.69) is 36.4 Å². The average Bonchev–Trinajstić information content (AvgIpc) is 3.15. The predicted octanol–water partition coefficient (Wildman–Crippen LogP) is 4.81. The zero-order chi connectivity index (χ0) is 14.0. The van der Waals surface area contributed by atoms with Gasteiger partial charge in [0.15, 0.2) is 0 Å². The van der Waals surface area contributed by atoms with Crippen molar-refractivity contribution in [3.63, 3.8) is 0 Å². The molecule has 0 bridgehead atoms. The molecule has 1 fully saturated rings. The van der Waals surface area contributed by atoms with E-state index in [0.717, 1.165) is 13.0 Å². The molecule has 0 atom stereocenters. The fourth-order valence-electron chi connectivity index (χ4n) is 2.13. The molecule has 1 aromatic heterocycles. The number of halogens is 2. The number of hydrogen-bond donors (Lipinski definition) is 2. The predicted molar refractivity (Wildman–Crippen MR) is 83.5 cm³/mol. The maximum atomic E-state index is 6.23. The van der Waals surface area contributed by atoms with Gasteiger partial charge in [0.05, 0.1) is 10.0 Å². The van der Waals surface area contributed by atoms with Gasteiger partial charge in [0, 0.05) is 12.1 Å². The number of nitrogens with zero attached hydrogens (tertiary/aromatic N) is 1. The number of hydrogen-bond acceptors (Lipinski definition) is 3. The van der Waals surface area contributed by atoms with Crippen LogP contribution < -0.4 is 10.6 Å². The van der Waals surface area contributed by atoms with Gasteiger partial charge in [-0.25, -0.2) is 4.98 Å². The molecule has 2 N–H and O–H groups in total. The number of anilines is 2. The van der Waals surface area contributed by atoms with E-state index in [-0.39, 0.29) is 5.54 Å². The molecule has 5 heteroatoms. The number of aromatic nitrogens is 1. The van der Waals surface area contributed by atoms with E-state index in [9.17, 15) is 0 Å². The van der Waals surface area contributed by atoms with E-state index >= 15 is 0 Å². The molecule has 2 rings (SSSR count). The van der Waals surface area contributed by atoms with Crippen LogP contribution in [0.5, 0.6) is 0 Å². The van der Waals surface area contributed by atoms with Crippen LogP contribution in [0.1, 0.15) is 40.0 Å². The average molecular weight is 302 g/mol. The van der Waals surface area contributed by atoms with E-state index in [0.29, 0.717) is 27.6 Å². The number of nitrogens with one attached hydrogen (secondary N) is 2. The van der Waals surface area contributed by atoms with Gasteiger partial charge < -0.3 is 10.6 Å². The van der Waals surface area contributed by atoms with Gasteiger partial charge >= 0.3 is 0 Å². The lowest BCUT2D eigenvalue weighted by Crippen LogP contribution is -2.33. The van der Waals surface area contributed by atoms with Gasteiger partial charge in [-0.1, -0.05) is 30.1 Å². The highest BCUT2D eigenvalue weighted by Gasteiger charge is 2.38. The lowest BCUT2D eigenvalue weighted by atomic mass is 9.99. The minimum atomic E-state index is 0.0203. The molecule has 1 aliphatic rings. The van der Waals surface area contributed by atoms with Crippen molar-refractivity contribution in [1.82, 2.24) is 4.98 Å². The van der Waals surface area contributed by atoms with Crippen LogP contribution in [0.25, 0.3) is 0 Å². The highest BCUT2D eigenvalue weighted by molar-refractivity contribution is 6.37. The Morgan fingerprint density at radius 3 is 2.47 bits per heavy atom.